The standard InChI is InChI=1S/C14H15NO4/c1-9-3-5-11(6-4-9)13-15-12(8-19-13)7-18-10(2)14(16)17/h3-6,8,10H,7H2,1-2H3,(H,16,17)/t10-/m1/s1. The van der Waals surface area contributed by atoms with Crippen LogP contribution in [0.25, 0.3) is 11.5 Å². The summed E-state index contributed by atoms with van der Waals surface area (Å²) in [7, 11) is 0. The minimum atomic E-state index is -0.998. The Morgan fingerprint density at radius 1 is 1.42 bits per heavy atom. The molecule has 0 saturated heterocycles. The number of oxazole rings is 1. The highest BCUT2D eigenvalue weighted by atomic mass is 16.5. The topological polar surface area (TPSA) is 72.6 Å². The van der Waals surface area contributed by atoms with Crippen molar-refractivity contribution >= 4 is 5.97 Å². The van der Waals surface area contributed by atoms with Crippen molar-refractivity contribution in [2.45, 2.75) is 26.6 Å². The van der Waals surface area contributed by atoms with Crippen LogP contribution in [0.3, 0.4) is 0 Å². The summed E-state index contributed by atoms with van der Waals surface area (Å²) in [6.07, 6.45) is 0.614. The van der Waals surface area contributed by atoms with Crippen LogP contribution in [-0.4, -0.2) is 22.2 Å². The Labute approximate surface area is 110 Å². The Bertz CT molecular complexity index is 559. The normalized spacial score (nSPS) is 12.3. The average molecular weight is 261 g/mol. The van der Waals surface area contributed by atoms with E-state index >= 15 is 0 Å². The second-order valence-corrected chi connectivity index (χ2v) is 4.30. The Morgan fingerprint density at radius 2 is 2.11 bits per heavy atom. The third-order valence-electron chi connectivity index (χ3n) is 2.68. The number of rotatable bonds is 5. The summed E-state index contributed by atoms with van der Waals surface area (Å²) in [5, 5.41) is 8.70. The van der Waals surface area contributed by atoms with E-state index in [4.69, 9.17) is 14.3 Å². The van der Waals surface area contributed by atoms with Crippen molar-refractivity contribution in [1.29, 1.82) is 0 Å². The number of carboxylic acids is 1. The molecule has 100 valence electrons. The summed E-state index contributed by atoms with van der Waals surface area (Å²) in [5.74, 6) is -0.496. The molecule has 1 aromatic carbocycles. The van der Waals surface area contributed by atoms with E-state index in [0.29, 0.717) is 11.6 Å². The number of aliphatic carboxylic acids is 1. The fourth-order valence-electron chi connectivity index (χ4n) is 1.48. The molecule has 0 unspecified atom stereocenters. The number of carboxylic acid groups (broad SMARTS) is 1. The van der Waals surface area contributed by atoms with E-state index in [9.17, 15) is 4.79 Å². The number of carbonyl (C=O) groups is 1. The van der Waals surface area contributed by atoms with Crippen molar-refractivity contribution in [2.75, 3.05) is 0 Å². The zero-order valence-corrected chi connectivity index (χ0v) is 10.8. The molecule has 1 atom stereocenters. The van der Waals surface area contributed by atoms with Crippen molar-refractivity contribution in [3.63, 3.8) is 0 Å². The van der Waals surface area contributed by atoms with Gasteiger partial charge in [-0.15, -0.1) is 0 Å². The van der Waals surface area contributed by atoms with Crippen molar-refractivity contribution in [1.82, 2.24) is 4.98 Å². The zero-order valence-electron chi connectivity index (χ0n) is 10.8. The molecule has 0 aliphatic rings. The number of hydrogen-bond donors (Lipinski definition) is 1. The molecule has 5 heteroatoms. The van der Waals surface area contributed by atoms with Crippen LogP contribution in [0.15, 0.2) is 34.9 Å². The average Bonchev–Trinajstić information content (AvgIpc) is 2.85. The van der Waals surface area contributed by atoms with E-state index in [1.807, 2.05) is 31.2 Å². The van der Waals surface area contributed by atoms with Gasteiger partial charge in [-0.1, -0.05) is 17.7 Å². The molecule has 1 N–H and O–H groups in total. The summed E-state index contributed by atoms with van der Waals surface area (Å²) in [6.45, 7) is 3.60. The largest absolute Gasteiger partial charge is 0.479 e. The molecule has 0 spiro atoms. The quantitative estimate of drug-likeness (QED) is 0.895. The predicted octanol–water partition coefficient (Wildman–Crippen LogP) is 2.64. The van der Waals surface area contributed by atoms with Crippen LogP contribution in [0, 0.1) is 6.92 Å². The SMILES string of the molecule is Cc1ccc(-c2nc(CO[C@H](C)C(=O)O)co2)cc1. The molecule has 5 nitrogen and oxygen atoms in total. The van der Waals surface area contributed by atoms with Gasteiger partial charge in [0.2, 0.25) is 5.89 Å². The molecule has 0 amide bonds. The van der Waals surface area contributed by atoms with Gasteiger partial charge in [0.05, 0.1) is 6.61 Å². The number of ether oxygens (including phenoxy) is 1. The van der Waals surface area contributed by atoms with Gasteiger partial charge in [-0.05, 0) is 26.0 Å². The van der Waals surface area contributed by atoms with Gasteiger partial charge in [0, 0.05) is 5.56 Å². The highest BCUT2D eigenvalue weighted by Gasteiger charge is 2.13. The maximum atomic E-state index is 10.6. The molecule has 19 heavy (non-hydrogen) atoms. The zero-order chi connectivity index (χ0) is 13.8. The molecular formula is C14H15NO4. The van der Waals surface area contributed by atoms with Crippen LogP contribution in [0.2, 0.25) is 0 Å². The van der Waals surface area contributed by atoms with Crippen molar-refractivity contribution in [3.8, 4) is 11.5 Å². The lowest BCUT2D eigenvalue weighted by Gasteiger charge is -2.05. The number of benzene rings is 1. The van der Waals surface area contributed by atoms with Crippen LogP contribution in [0.5, 0.6) is 0 Å². The van der Waals surface area contributed by atoms with E-state index < -0.39 is 12.1 Å². The fraction of sp³-hybridized carbons (Fsp3) is 0.286. The summed E-state index contributed by atoms with van der Waals surface area (Å²) in [4.78, 5) is 14.9. The molecule has 1 heterocycles. The molecule has 2 aromatic rings. The molecular weight excluding hydrogens is 246 g/mol. The first-order chi connectivity index (χ1) is 9.06. The molecule has 0 saturated carbocycles. The maximum absolute atomic E-state index is 10.6. The van der Waals surface area contributed by atoms with Crippen molar-refractivity contribution in [3.05, 3.63) is 41.8 Å². The summed E-state index contributed by atoms with van der Waals surface area (Å²) < 4.78 is 10.5. The monoisotopic (exact) mass is 261 g/mol. The van der Waals surface area contributed by atoms with Gasteiger partial charge in [0.25, 0.3) is 0 Å². The van der Waals surface area contributed by atoms with E-state index in [2.05, 4.69) is 4.98 Å². The molecule has 1 aromatic heterocycles. The van der Waals surface area contributed by atoms with Gasteiger partial charge in [0.1, 0.15) is 12.0 Å². The van der Waals surface area contributed by atoms with Crippen molar-refractivity contribution < 1.29 is 19.1 Å². The second-order valence-electron chi connectivity index (χ2n) is 4.30. The van der Waals surface area contributed by atoms with Crippen LogP contribution in [0.4, 0.5) is 0 Å². The van der Waals surface area contributed by atoms with Gasteiger partial charge < -0.3 is 14.3 Å². The number of hydrogen-bond acceptors (Lipinski definition) is 4. The number of aryl methyl sites for hydroxylation is 1. The first kappa shape index (κ1) is 13.3. The Morgan fingerprint density at radius 3 is 2.74 bits per heavy atom. The summed E-state index contributed by atoms with van der Waals surface area (Å²) in [5.41, 5.74) is 2.61. The van der Waals surface area contributed by atoms with Gasteiger partial charge in [-0.3, -0.25) is 0 Å². The lowest BCUT2D eigenvalue weighted by atomic mass is 10.1. The number of aromatic nitrogens is 1. The van der Waals surface area contributed by atoms with E-state index in [1.54, 1.807) is 0 Å². The van der Waals surface area contributed by atoms with E-state index in [0.717, 1.165) is 11.1 Å². The van der Waals surface area contributed by atoms with Crippen LogP contribution in [-0.2, 0) is 16.1 Å². The molecule has 0 aliphatic heterocycles. The van der Waals surface area contributed by atoms with Gasteiger partial charge >= 0.3 is 5.97 Å². The maximum Gasteiger partial charge on any atom is 0.332 e. The van der Waals surface area contributed by atoms with Crippen molar-refractivity contribution in [2.24, 2.45) is 0 Å². The lowest BCUT2D eigenvalue weighted by molar-refractivity contribution is -0.149. The Balaban J connectivity index is 2.03. The highest BCUT2D eigenvalue weighted by molar-refractivity contribution is 5.71. The lowest BCUT2D eigenvalue weighted by Crippen LogP contribution is -2.19. The van der Waals surface area contributed by atoms with Gasteiger partial charge in [0.15, 0.2) is 6.10 Å². The highest BCUT2D eigenvalue weighted by Crippen LogP contribution is 2.19. The van der Waals surface area contributed by atoms with E-state index in [1.165, 1.54) is 13.2 Å². The summed E-state index contributed by atoms with van der Waals surface area (Å²) >= 11 is 0. The van der Waals surface area contributed by atoms with Gasteiger partial charge in [-0.25, -0.2) is 9.78 Å². The number of nitrogens with zero attached hydrogens (tertiary/aromatic N) is 1. The van der Waals surface area contributed by atoms with Crippen LogP contribution >= 0.6 is 0 Å². The minimum absolute atomic E-state index is 0.114. The molecule has 0 aliphatic carbocycles. The molecule has 0 radical (unpaired) electrons. The third-order valence-corrected chi connectivity index (χ3v) is 2.68. The smallest absolute Gasteiger partial charge is 0.332 e. The predicted molar refractivity (Wildman–Crippen MR) is 68.6 cm³/mol. The first-order valence-electron chi connectivity index (χ1n) is 5.92. The van der Waals surface area contributed by atoms with Gasteiger partial charge in [-0.2, -0.15) is 0 Å². The van der Waals surface area contributed by atoms with Crippen LogP contribution in [0.1, 0.15) is 18.2 Å². The summed E-state index contributed by atoms with van der Waals surface area (Å²) in [6, 6.07) is 7.79. The van der Waals surface area contributed by atoms with Crippen LogP contribution < -0.4 is 0 Å². The van der Waals surface area contributed by atoms with E-state index in [-0.39, 0.29) is 6.61 Å². The minimum Gasteiger partial charge on any atom is -0.479 e. The Kier molecular flexibility index (Phi) is 3.97. The molecule has 2 rings (SSSR count). The Hall–Kier alpha value is -2.14. The first-order valence-corrected chi connectivity index (χ1v) is 5.92. The molecule has 0 bridgehead atoms. The molecule has 0 fully saturated rings. The fourth-order valence-corrected chi connectivity index (χ4v) is 1.48. The third kappa shape index (κ3) is 3.42. The second kappa shape index (κ2) is 5.67.